The molecule has 0 aromatic rings. The Morgan fingerprint density at radius 3 is 2.45 bits per heavy atom. The van der Waals surface area contributed by atoms with Crippen LogP contribution in [0.3, 0.4) is 0 Å². The SMILES string of the molecule is CCCCC1CC[CH]CC1.[LiH]. The Labute approximate surface area is 83.3 Å². The van der Waals surface area contributed by atoms with Crippen LogP contribution >= 0.6 is 0 Å². The van der Waals surface area contributed by atoms with Crippen LogP contribution in [0.1, 0.15) is 51.9 Å². The molecule has 1 saturated carbocycles. The van der Waals surface area contributed by atoms with Crippen LogP contribution in [0, 0.1) is 12.3 Å². The average Bonchev–Trinajstić information content (AvgIpc) is 2.03. The van der Waals surface area contributed by atoms with Gasteiger partial charge in [0, 0.05) is 0 Å². The summed E-state index contributed by atoms with van der Waals surface area (Å²) in [6, 6.07) is 0. The molecule has 0 heterocycles. The first-order valence-electron chi connectivity index (χ1n) is 4.75. The minimum absolute atomic E-state index is 0. The molecule has 1 radical (unpaired) electrons. The summed E-state index contributed by atoms with van der Waals surface area (Å²) in [5.41, 5.74) is 0. The zero-order valence-electron chi connectivity index (χ0n) is 7.10. The van der Waals surface area contributed by atoms with Crippen LogP contribution in [0.15, 0.2) is 0 Å². The van der Waals surface area contributed by atoms with Crippen molar-refractivity contribution >= 4 is 18.9 Å². The van der Waals surface area contributed by atoms with Gasteiger partial charge in [-0.3, -0.25) is 0 Å². The quantitative estimate of drug-likeness (QED) is 0.538. The third-order valence-corrected chi connectivity index (χ3v) is 2.52. The third-order valence-electron chi connectivity index (χ3n) is 2.52. The van der Waals surface area contributed by atoms with Crippen LogP contribution in [-0.2, 0) is 0 Å². The van der Waals surface area contributed by atoms with Gasteiger partial charge in [0.15, 0.2) is 0 Å². The summed E-state index contributed by atoms with van der Waals surface area (Å²) in [5.74, 6) is 1.07. The summed E-state index contributed by atoms with van der Waals surface area (Å²) < 4.78 is 0. The van der Waals surface area contributed by atoms with Crippen molar-refractivity contribution in [1.82, 2.24) is 0 Å². The molecule has 1 heteroatoms. The zero-order valence-corrected chi connectivity index (χ0v) is 7.10. The van der Waals surface area contributed by atoms with E-state index in [0.717, 1.165) is 5.92 Å². The second-order valence-electron chi connectivity index (χ2n) is 3.45. The predicted molar refractivity (Wildman–Crippen MR) is 52.9 cm³/mol. The molecule has 1 fully saturated rings. The fraction of sp³-hybridized carbons (Fsp3) is 0.900. The van der Waals surface area contributed by atoms with E-state index in [1.165, 1.54) is 44.9 Å². The molecule has 1 rings (SSSR count). The van der Waals surface area contributed by atoms with E-state index in [1.54, 1.807) is 0 Å². The van der Waals surface area contributed by atoms with Gasteiger partial charge in [0.25, 0.3) is 0 Å². The van der Waals surface area contributed by atoms with Crippen molar-refractivity contribution in [2.75, 3.05) is 0 Å². The number of unbranched alkanes of at least 4 members (excludes halogenated alkanes) is 1. The molecule has 1 aliphatic carbocycles. The molecule has 0 saturated heterocycles. The van der Waals surface area contributed by atoms with Crippen LogP contribution in [-0.4, -0.2) is 18.9 Å². The molecule has 0 bridgehead atoms. The van der Waals surface area contributed by atoms with E-state index in [-0.39, 0.29) is 18.9 Å². The Morgan fingerprint density at radius 2 is 1.91 bits per heavy atom. The summed E-state index contributed by atoms with van der Waals surface area (Å²) in [6.07, 6.45) is 12.5. The second-order valence-corrected chi connectivity index (χ2v) is 3.45. The molecular formula is C10H20Li. The third kappa shape index (κ3) is 4.94. The van der Waals surface area contributed by atoms with E-state index in [1.807, 2.05) is 0 Å². The first kappa shape index (κ1) is 11.6. The topological polar surface area (TPSA) is 0 Å². The predicted octanol–water partition coefficient (Wildman–Crippen LogP) is 2.92. The van der Waals surface area contributed by atoms with Gasteiger partial charge < -0.3 is 0 Å². The van der Waals surface area contributed by atoms with Crippen molar-refractivity contribution < 1.29 is 0 Å². The molecule has 0 unspecified atom stereocenters. The molecule has 61 valence electrons. The molecule has 1 aliphatic rings. The summed E-state index contributed by atoms with van der Waals surface area (Å²) in [7, 11) is 0. The fourth-order valence-electron chi connectivity index (χ4n) is 1.78. The molecular weight excluding hydrogens is 127 g/mol. The molecule has 0 N–H and O–H groups in total. The molecule has 0 aliphatic heterocycles. The second kappa shape index (κ2) is 7.26. The molecule has 0 aromatic heterocycles. The number of hydrogen-bond acceptors (Lipinski definition) is 0. The summed E-state index contributed by atoms with van der Waals surface area (Å²) >= 11 is 0. The van der Waals surface area contributed by atoms with Crippen LogP contribution in [0.2, 0.25) is 0 Å². The molecule has 0 aromatic carbocycles. The van der Waals surface area contributed by atoms with E-state index in [2.05, 4.69) is 13.3 Å². The van der Waals surface area contributed by atoms with Gasteiger partial charge in [-0.2, -0.15) is 0 Å². The number of rotatable bonds is 3. The Balaban J connectivity index is 0.000001000. The first-order valence-corrected chi connectivity index (χ1v) is 4.75. The van der Waals surface area contributed by atoms with E-state index >= 15 is 0 Å². The molecule has 0 nitrogen and oxygen atoms in total. The summed E-state index contributed by atoms with van der Waals surface area (Å²) in [5, 5.41) is 0. The Kier molecular flexibility index (Phi) is 7.65. The Bertz CT molecular complexity index is 74.9. The maximum absolute atomic E-state index is 2.45. The molecule has 11 heavy (non-hydrogen) atoms. The van der Waals surface area contributed by atoms with Gasteiger partial charge in [0.05, 0.1) is 0 Å². The van der Waals surface area contributed by atoms with Gasteiger partial charge in [0.1, 0.15) is 0 Å². The van der Waals surface area contributed by atoms with Crippen LogP contribution < -0.4 is 0 Å². The van der Waals surface area contributed by atoms with Gasteiger partial charge in [-0.1, -0.05) is 39.0 Å². The monoisotopic (exact) mass is 147 g/mol. The van der Waals surface area contributed by atoms with Crippen molar-refractivity contribution in [2.24, 2.45) is 5.92 Å². The van der Waals surface area contributed by atoms with E-state index in [9.17, 15) is 0 Å². The van der Waals surface area contributed by atoms with Crippen molar-refractivity contribution in [1.29, 1.82) is 0 Å². The first-order chi connectivity index (χ1) is 4.93. The normalized spacial score (nSPS) is 19.4. The van der Waals surface area contributed by atoms with Gasteiger partial charge in [-0.25, -0.2) is 0 Å². The average molecular weight is 147 g/mol. The van der Waals surface area contributed by atoms with Crippen molar-refractivity contribution in [3.05, 3.63) is 6.42 Å². The van der Waals surface area contributed by atoms with E-state index in [4.69, 9.17) is 0 Å². The Morgan fingerprint density at radius 1 is 1.27 bits per heavy atom. The zero-order chi connectivity index (χ0) is 7.23. The fourth-order valence-corrected chi connectivity index (χ4v) is 1.78. The van der Waals surface area contributed by atoms with Gasteiger partial charge in [-0.05, 0) is 25.2 Å². The van der Waals surface area contributed by atoms with Crippen molar-refractivity contribution in [3.63, 3.8) is 0 Å². The van der Waals surface area contributed by atoms with Crippen LogP contribution in [0.5, 0.6) is 0 Å². The van der Waals surface area contributed by atoms with Crippen molar-refractivity contribution in [2.45, 2.75) is 51.9 Å². The van der Waals surface area contributed by atoms with Gasteiger partial charge in [0.2, 0.25) is 0 Å². The van der Waals surface area contributed by atoms with Crippen LogP contribution in [0.25, 0.3) is 0 Å². The van der Waals surface area contributed by atoms with Gasteiger partial charge >= 0.3 is 18.9 Å². The number of hydrogen-bond donors (Lipinski definition) is 0. The standard InChI is InChI=1S/C10H19.Li.H/c1-2-3-7-10-8-5-4-6-9-10;;/h4,10H,2-3,5-9H2,1H3;;. The molecule has 0 amide bonds. The van der Waals surface area contributed by atoms with Gasteiger partial charge in [-0.15, -0.1) is 0 Å². The molecule has 0 spiro atoms. The van der Waals surface area contributed by atoms with E-state index in [0.29, 0.717) is 0 Å². The molecule has 0 atom stereocenters. The summed E-state index contributed by atoms with van der Waals surface area (Å²) in [6.45, 7) is 2.29. The maximum atomic E-state index is 2.45. The van der Waals surface area contributed by atoms with Crippen LogP contribution in [0.4, 0.5) is 0 Å². The summed E-state index contributed by atoms with van der Waals surface area (Å²) in [4.78, 5) is 0. The minimum atomic E-state index is 0. The van der Waals surface area contributed by atoms with E-state index < -0.39 is 0 Å². The van der Waals surface area contributed by atoms with Crippen molar-refractivity contribution in [3.8, 4) is 0 Å². The Hall–Kier alpha value is 0.597.